The number of nitrogens with two attached hydrogens (primary N) is 1. The van der Waals surface area contributed by atoms with E-state index in [1.54, 1.807) is 12.3 Å². The van der Waals surface area contributed by atoms with Crippen LogP contribution in [0, 0.1) is 0 Å². The molecule has 1 aromatic heterocycles. The van der Waals surface area contributed by atoms with Crippen LogP contribution in [-0.2, 0) is 9.53 Å². The topological polar surface area (TPSA) is 78.1 Å². The highest BCUT2D eigenvalue weighted by molar-refractivity contribution is 7.03. The maximum absolute atomic E-state index is 11.0. The molecule has 1 heterocycles. The van der Waals surface area contributed by atoms with Crippen molar-refractivity contribution in [3.63, 3.8) is 0 Å². The number of carbonyl (C=O) groups excluding carboxylic acids is 1. The number of nitrogens with zero attached hydrogens (tertiary/aromatic N) is 2. The fourth-order valence-corrected chi connectivity index (χ4v) is 1.36. The molecule has 0 saturated heterocycles. The summed E-state index contributed by atoms with van der Waals surface area (Å²) in [5, 5.41) is 5.49. The quantitative estimate of drug-likeness (QED) is 0.717. The molecule has 0 aliphatic heterocycles. The second-order valence-corrected chi connectivity index (χ2v) is 3.06. The predicted octanol–water partition coefficient (Wildman–Crippen LogP) is 0.491. The molecule has 0 fully saturated rings. The summed E-state index contributed by atoms with van der Waals surface area (Å²) < 4.78 is 8.40. The standard InChI is InChI=1S/C7H11N3O2S/c1-2-12-7(11)3-5(8)6-4-13-10-9-6/h4-5H,2-3,8H2,1H3/t5-/m0/s1. The zero-order valence-corrected chi connectivity index (χ0v) is 8.08. The second kappa shape index (κ2) is 4.88. The highest BCUT2D eigenvalue weighted by atomic mass is 32.1. The number of hydrogen-bond acceptors (Lipinski definition) is 6. The molecule has 0 saturated carbocycles. The molecule has 1 atom stereocenters. The smallest absolute Gasteiger partial charge is 0.307 e. The minimum absolute atomic E-state index is 0.152. The van der Waals surface area contributed by atoms with Gasteiger partial charge < -0.3 is 10.5 Å². The van der Waals surface area contributed by atoms with Crippen LogP contribution >= 0.6 is 11.5 Å². The fourth-order valence-electron chi connectivity index (χ4n) is 0.837. The third-order valence-electron chi connectivity index (χ3n) is 1.45. The Bertz CT molecular complexity index is 263. The predicted molar refractivity (Wildman–Crippen MR) is 48.1 cm³/mol. The van der Waals surface area contributed by atoms with E-state index in [1.165, 1.54) is 11.5 Å². The molecule has 1 rings (SSSR count). The lowest BCUT2D eigenvalue weighted by molar-refractivity contribution is -0.143. The van der Waals surface area contributed by atoms with Gasteiger partial charge >= 0.3 is 5.97 Å². The Labute approximate surface area is 80.1 Å². The van der Waals surface area contributed by atoms with Crippen LogP contribution in [-0.4, -0.2) is 22.2 Å². The van der Waals surface area contributed by atoms with Crippen molar-refractivity contribution in [2.75, 3.05) is 6.61 Å². The Hall–Kier alpha value is -1.01. The molecule has 13 heavy (non-hydrogen) atoms. The van der Waals surface area contributed by atoms with Gasteiger partial charge in [-0.1, -0.05) is 4.49 Å². The highest BCUT2D eigenvalue weighted by Crippen LogP contribution is 2.12. The van der Waals surface area contributed by atoms with Gasteiger partial charge in [0.2, 0.25) is 0 Å². The van der Waals surface area contributed by atoms with Gasteiger partial charge in [-0.15, -0.1) is 5.10 Å². The fraction of sp³-hybridized carbons (Fsp3) is 0.571. The normalized spacial score (nSPS) is 12.5. The van der Waals surface area contributed by atoms with Crippen molar-refractivity contribution >= 4 is 17.5 Å². The molecule has 0 aliphatic rings. The average molecular weight is 201 g/mol. The van der Waals surface area contributed by atoms with Gasteiger partial charge in [-0.05, 0) is 18.5 Å². The Morgan fingerprint density at radius 2 is 2.62 bits per heavy atom. The number of carbonyl (C=O) groups is 1. The van der Waals surface area contributed by atoms with E-state index in [0.29, 0.717) is 12.3 Å². The number of ether oxygens (including phenoxy) is 1. The molecule has 0 bridgehead atoms. The SMILES string of the molecule is CCOC(=O)C[C@H](N)c1csnn1. The van der Waals surface area contributed by atoms with E-state index in [0.717, 1.165) is 0 Å². The Kier molecular flexibility index (Phi) is 3.78. The summed E-state index contributed by atoms with van der Waals surface area (Å²) in [6.45, 7) is 2.13. The molecular weight excluding hydrogens is 190 g/mol. The minimum Gasteiger partial charge on any atom is -0.466 e. The molecule has 0 radical (unpaired) electrons. The van der Waals surface area contributed by atoms with E-state index in [-0.39, 0.29) is 12.4 Å². The summed E-state index contributed by atoms with van der Waals surface area (Å²) in [4.78, 5) is 11.0. The molecule has 2 N–H and O–H groups in total. The highest BCUT2D eigenvalue weighted by Gasteiger charge is 2.14. The molecule has 5 nitrogen and oxygen atoms in total. The first-order chi connectivity index (χ1) is 6.24. The summed E-state index contributed by atoms with van der Waals surface area (Å²) >= 11 is 1.22. The first-order valence-electron chi connectivity index (χ1n) is 3.92. The van der Waals surface area contributed by atoms with Crippen LogP contribution in [0.2, 0.25) is 0 Å². The van der Waals surface area contributed by atoms with Crippen molar-refractivity contribution in [2.24, 2.45) is 5.73 Å². The van der Waals surface area contributed by atoms with Crippen LogP contribution in [0.15, 0.2) is 5.38 Å². The van der Waals surface area contributed by atoms with Crippen LogP contribution in [0.3, 0.4) is 0 Å². The lowest BCUT2D eigenvalue weighted by atomic mass is 10.2. The van der Waals surface area contributed by atoms with Crippen LogP contribution in [0.1, 0.15) is 25.1 Å². The van der Waals surface area contributed by atoms with Crippen molar-refractivity contribution in [3.8, 4) is 0 Å². The molecule has 72 valence electrons. The lowest BCUT2D eigenvalue weighted by Gasteiger charge is -2.06. The van der Waals surface area contributed by atoms with Gasteiger partial charge in [0.15, 0.2) is 0 Å². The first-order valence-corrected chi connectivity index (χ1v) is 4.75. The van der Waals surface area contributed by atoms with E-state index < -0.39 is 6.04 Å². The summed E-state index contributed by atoms with van der Waals surface area (Å²) in [5.41, 5.74) is 6.31. The summed E-state index contributed by atoms with van der Waals surface area (Å²) in [7, 11) is 0. The van der Waals surface area contributed by atoms with Crippen molar-refractivity contribution in [2.45, 2.75) is 19.4 Å². The maximum Gasteiger partial charge on any atom is 0.307 e. The van der Waals surface area contributed by atoms with Crippen molar-refractivity contribution in [1.82, 2.24) is 9.59 Å². The third-order valence-corrected chi connectivity index (χ3v) is 1.97. The summed E-state index contributed by atoms with van der Waals surface area (Å²) in [6, 6.07) is -0.405. The first kappa shape index (κ1) is 10.1. The largest absolute Gasteiger partial charge is 0.466 e. The molecule has 0 amide bonds. The molecule has 6 heteroatoms. The lowest BCUT2D eigenvalue weighted by Crippen LogP contribution is -2.17. The van der Waals surface area contributed by atoms with Crippen LogP contribution in [0.4, 0.5) is 0 Å². The molecule has 0 unspecified atom stereocenters. The monoisotopic (exact) mass is 201 g/mol. The van der Waals surface area contributed by atoms with Gasteiger partial charge in [0.1, 0.15) is 0 Å². The summed E-state index contributed by atoms with van der Waals surface area (Å²) in [5.74, 6) is -0.303. The molecule has 0 aliphatic carbocycles. The molecular formula is C7H11N3O2S. The minimum atomic E-state index is -0.405. The van der Waals surface area contributed by atoms with Crippen LogP contribution < -0.4 is 5.73 Å². The van der Waals surface area contributed by atoms with E-state index >= 15 is 0 Å². The average Bonchev–Trinajstić information content (AvgIpc) is 2.55. The van der Waals surface area contributed by atoms with Crippen LogP contribution in [0.5, 0.6) is 0 Å². The Balaban J connectivity index is 2.42. The van der Waals surface area contributed by atoms with Gasteiger partial charge in [0.05, 0.1) is 24.8 Å². The number of rotatable bonds is 4. The van der Waals surface area contributed by atoms with Gasteiger partial charge in [0, 0.05) is 5.38 Å². The van der Waals surface area contributed by atoms with Crippen LogP contribution in [0.25, 0.3) is 0 Å². The Morgan fingerprint density at radius 1 is 1.85 bits per heavy atom. The van der Waals surface area contributed by atoms with E-state index in [9.17, 15) is 4.79 Å². The van der Waals surface area contributed by atoms with Crippen molar-refractivity contribution < 1.29 is 9.53 Å². The second-order valence-electron chi connectivity index (χ2n) is 2.45. The van der Waals surface area contributed by atoms with E-state index in [1.807, 2.05) is 0 Å². The zero-order valence-electron chi connectivity index (χ0n) is 7.27. The summed E-state index contributed by atoms with van der Waals surface area (Å²) in [6.07, 6.45) is 0.152. The third kappa shape index (κ3) is 3.08. The van der Waals surface area contributed by atoms with Gasteiger partial charge in [-0.2, -0.15) is 0 Å². The van der Waals surface area contributed by atoms with Gasteiger partial charge in [0.25, 0.3) is 0 Å². The zero-order chi connectivity index (χ0) is 9.68. The Morgan fingerprint density at radius 3 is 3.15 bits per heavy atom. The van der Waals surface area contributed by atoms with E-state index in [4.69, 9.17) is 10.5 Å². The number of hydrogen-bond donors (Lipinski definition) is 1. The van der Waals surface area contributed by atoms with Gasteiger partial charge in [-0.25, -0.2) is 0 Å². The number of esters is 1. The van der Waals surface area contributed by atoms with E-state index in [2.05, 4.69) is 9.59 Å². The number of aromatic nitrogens is 2. The van der Waals surface area contributed by atoms with Gasteiger partial charge in [-0.3, -0.25) is 4.79 Å². The van der Waals surface area contributed by atoms with Crippen molar-refractivity contribution in [3.05, 3.63) is 11.1 Å². The maximum atomic E-state index is 11.0. The molecule has 0 spiro atoms. The van der Waals surface area contributed by atoms with Crippen molar-refractivity contribution in [1.29, 1.82) is 0 Å². The molecule has 0 aromatic carbocycles. The molecule has 1 aromatic rings.